The van der Waals surface area contributed by atoms with Crippen molar-refractivity contribution in [3.63, 3.8) is 0 Å². The van der Waals surface area contributed by atoms with Crippen LogP contribution >= 0.6 is 12.2 Å². The normalized spacial score (nSPS) is 12.0. The predicted octanol–water partition coefficient (Wildman–Crippen LogP) is 3.42. The molecular weight excluding hydrogens is 297 g/mol. The molecule has 116 valence electrons. The lowest BCUT2D eigenvalue weighted by Gasteiger charge is -2.25. The molecule has 0 radical (unpaired) electrons. The minimum atomic E-state index is -0.263. The van der Waals surface area contributed by atoms with E-state index in [4.69, 9.17) is 12.2 Å². The van der Waals surface area contributed by atoms with E-state index in [0.29, 0.717) is 11.7 Å². The molecule has 0 saturated carbocycles. The average molecular weight is 317 g/mol. The van der Waals surface area contributed by atoms with E-state index in [9.17, 15) is 4.39 Å². The summed E-state index contributed by atoms with van der Waals surface area (Å²) < 4.78 is 12.9. The number of halogens is 1. The van der Waals surface area contributed by atoms with E-state index in [0.717, 1.165) is 5.69 Å². The standard InChI is InChI=1S/C17H20FN3S/c1-21(2)16(13-6-4-3-5-7-13)12-19-17(22)20-15-10-8-14(18)9-11-15/h3-11,16H,12H2,1-2H3,(H2,19,20,22)/t16-/m0/s1. The van der Waals surface area contributed by atoms with Crippen LogP contribution < -0.4 is 10.6 Å². The Hall–Kier alpha value is -1.98. The molecule has 0 bridgehead atoms. The summed E-state index contributed by atoms with van der Waals surface area (Å²) in [6, 6.07) is 16.6. The molecule has 0 unspecified atom stereocenters. The van der Waals surface area contributed by atoms with Crippen molar-refractivity contribution in [3.05, 3.63) is 66.0 Å². The lowest BCUT2D eigenvalue weighted by atomic mass is 10.1. The Morgan fingerprint density at radius 3 is 2.32 bits per heavy atom. The van der Waals surface area contributed by atoms with Gasteiger partial charge in [-0.1, -0.05) is 30.3 Å². The van der Waals surface area contributed by atoms with Gasteiger partial charge in [0.1, 0.15) is 5.82 Å². The van der Waals surface area contributed by atoms with Gasteiger partial charge < -0.3 is 15.5 Å². The van der Waals surface area contributed by atoms with Crippen LogP contribution in [-0.4, -0.2) is 30.7 Å². The lowest BCUT2D eigenvalue weighted by molar-refractivity contribution is 0.299. The van der Waals surface area contributed by atoms with Crippen LogP contribution in [0.4, 0.5) is 10.1 Å². The Bertz CT molecular complexity index is 599. The number of anilines is 1. The van der Waals surface area contributed by atoms with Gasteiger partial charge in [-0.25, -0.2) is 4.39 Å². The topological polar surface area (TPSA) is 27.3 Å². The zero-order chi connectivity index (χ0) is 15.9. The van der Waals surface area contributed by atoms with Crippen molar-refractivity contribution >= 4 is 23.0 Å². The van der Waals surface area contributed by atoms with E-state index in [1.54, 1.807) is 12.1 Å². The number of thiocarbonyl (C=S) groups is 1. The SMILES string of the molecule is CN(C)[C@@H](CNC(=S)Nc1ccc(F)cc1)c1ccccc1. The lowest BCUT2D eigenvalue weighted by Crippen LogP contribution is -2.36. The quantitative estimate of drug-likeness (QED) is 0.827. The van der Waals surface area contributed by atoms with Crippen LogP contribution in [0, 0.1) is 5.82 Å². The first-order valence-electron chi connectivity index (χ1n) is 7.08. The number of rotatable bonds is 5. The number of benzene rings is 2. The molecule has 0 aliphatic carbocycles. The van der Waals surface area contributed by atoms with Crippen LogP contribution in [0.25, 0.3) is 0 Å². The maximum atomic E-state index is 12.9. The molecule has 2 rings (SSSR count). The van der Waals surface area contributed by atoms with Crippen molar-refractivity contribution < 1.29 is 4.39 Å². The molecule has 1 atom stereocenters. The molecule has 0 spiro atoms. The average Bonchev–Trinajstić information content (AvgIpc) is 2.50. The first-order valence-corrected chi connectivity index (χ1v) is 7.49. The number of hydrogen-bond acceptors (Lipinski definition) is 2. The first-order chi connectivity index (χ1) is 10.6. The Kier molecular flexibility index (Phi) is 5.86. The first kappa shape index (κ1) is 16.4. The highest BCUT2D eigenvalue weighted by Gasteiger charge is 2.13. The van der Waals surface area contributed by atoms with Crippen LogP contribution in [0.5, 0.6) is 0 Å². The Balaban J connectivity index is 1.92. The van der Waals surface area contributed by atoms with Gasteiger partial charge in [0, 0.05) is 12.2 Å². The summed E-state index contributed by atoms with van der Waals surface area (Å²) in [5.41, 5.74) is 1.99. The molecule has 0 heterocycles. The van der Waals surface area contributed by atoms with E-state index >= 15 is 0 Å². The predicted molar refractivity (Wildman–Crippen MR) is 93.5 cm³/mol. The number of nitrogens with one attached hydrogen (secondary N) is 2. The fraction of sp³-hybridized carbons (Fsp3) is 0.235. The van der Waals surface area contributed by atoms with Crippen LogP contribution in [-0.2, 0) is 0 Å². The highest BCUT2D eigenvalue weighted by molar-refractivity contribution is 7.80. The fourth-order valence-corrected chi connectivity index (χ4v) is 2.37. The van der Waals surface area contributed by atoms with Crippen molar-refractivity contribution in [2.75, 3.05) is 26.0 Å². The molecule has 0 aliphatic rings. The van der Waals surface area contributed by atoms with Gasteiger partial charge in [0.05, 0.1) is 6.04 Å². The van der Waals surface area contributed by atoms with Gasteiger partial charge in [-0.3, -0.25) is 0 Å². The smallest absolute Gasteiger partial charge is 0.170 e. The maximum Gasteiger partial charge on any atom is 0.170 e. The van der Waals surface area contributed by atoms with Crippen molar-refractivity contribution in [2.45, 2.75) is 6.04 Å². The number of likely N-dealkylation sites (N-methyl/N-ethyl adjacent to an activating group) is 1. The highest BCUT2D eigenvalue weighted by Crippen LogP contribution is 2.16. The van der Waals surface area contributed by atoms with Gasteiger partial charge in [-0.15, -0.1) is 0 Å². The minimum absolute atomic E-state index is 0.217. The van der Waals surface area contributed by atoms with Crippen molar-refractivity contribution in [1.82, 2.24) is 10.2 Å². The number of nitrogens with zero attached hydrogens (tertiary/aromatic N) is 1. The summed E-state index contributed by atoms with van der Waals surface area (Å²) in [6.45, 7) is 0.685. The van der Waals surface area contributed by atoms with Crippen LogP contribution in [0.1, 0.15) is 11.6 Å². The van der Waals surface area contributed by atoms with Crippen molar-refractivity contribution in [3.8, 4) is 0 Å². The molecule has 0 aromatic heterocycles. The molecule has 2 aromatic rings. The van der Waals surface area contributed by atoms with E-state index in [2.05, 4.69) is 27.7 Å². The van der Waals surface area contributed by atoms with Gasteiger partial charge in [-0.05, 0) is 56.1 Å². The summed E-state index contributed by atoms with van der Waals surface area (Å²) in [4.78, 5) is 2.14. The van der Waals surface area contributed by atoms with Crippen LogP contribution in [0.2, 0.25) is 0 Å². The van der Waals surface area contributed by atoms with Gasteiger partial charge in [0.2, 0.25) is 0 Å². The van der Waals surface area contributed by atoms with Crippen LogP contribution in [0.3, 0.4) is 0 Å². The Morgan fingerprint density at radius 1 is 1.09 bits per heavy atom. The summed E-state index contributed by atoms with van der Waals surface area (Å²) in [5, 5.41) is 6.78. The fourth-order valence-electron chi connectivity index (χ4n) is 2.17. The molecule has 22 heavy (non-hydrogen) atoms. The minimum Gasteiger partial charge on any atom is -0.361 e. The largest absolute Gasteiger partial charge is 0.361 e. The molecule has 5 heteroatoms. The molecule has 2 N–H and O–H groups in total. The van der Waals surface area contributed by atoms with Crippen molar-refractivity contribution in [2.24, 2.45) is 0 Å². The van der Waals surface area contributed by atoms with E-state index in [1.807, 2.05) is 32.3 Å². The van der Waals surface area contributed by atoms with Gasteiger partial charge in [-0.2, -0.15) is 0 Å². The van der Waals surface area contributed by atoms with E-state index in [1.165, 1.54) is 17.7 Å². The van der Waals surface area contributed by atoms with Gasteiger partial charge in [0.15, 0.2) is 5.11 Å². The monoisotopic (exact) mass is 317 g/mol. The molecule has 0 aliphatic heterocycles. The second-order valence-corrected chi connectivity index (χ2v) is 5.64. The molecule has 3 nitrogen and oxygen atoms in total. The third-order valence-electron chi connectivity index (χ3n) is 3.37. The summed E-state index contributed by atoms with van der Waals surface area (Å²) >= 11 is 5.29. The molecular formula is C17H20FN3S. The summed E-state index contributed by atoms with van der Waals surface area (Å²) in [5.74, 6) is -0.263. The second kappa shape index (κ2) is 7.87. The van der Waals surface area contributed by atoms with Gasteiger partial charge in [0.25, 0.3) is 0 Å². The van der Waals surface area contributed by atoms with E-state index in [-0.39, 0.29) is 11.9 Å². The van der Waals surface area contributed by atoms with Crippen molar-refractivity contribution in [1.29, 1.82) is 0 Å². The molecule has 2 aromatic carbocycles. The van der Waals surface area contributed by atoms with Crippen LogP contribution in [0.15, 0.2) is 54.6 Å². The molecule has 0 fully saturated rings. The maximum absolute atomic E-state index is 12.9. The third-order valence-corrected chi connectivity index (χ3v) is 3.61. The second-order valence-electron chi connectivity index (χ2n) is 5.23. The summed E-state index contributed by atoms with van der Waals surface area (Å²) in [6.07, 6.45) is 0. The third kappa shape index (κ3) is 4.79. The summed E-state index contributed by atoms with van der Waals surface area (Å²) in [7, 11) is 4.07. The molecule has 0 saturated heterocycles. The van der Waals surface area contributed by atoms with Gasteiger partial charge >= 0.3 is 0 Å². The highest BCUT2D eigenvalue weighted by atomic mass is 32.1. The molecule has 0 amide bonds. The number of hydrogen-bond donors (Lipinski definition) is 2. The van der Waals surface area contributed by atoms with E-state index < -0.39 is 0 Å². The zero-order valence-corrected chi connectivity index (χ0v) is 13.5. The Labute approximate surface area is 136 Å². The Morgan fingerprint density at radius 2 is 1.73 bits per heavy atom. The zero-order valence-electron chi connectivity index (χ0n) is 12.7.